The molecule has 3 rings (SSSR count). The van der Waals surface area contributed by atoms with Crippen molar-refractivity contribution in [3.8, 4) is 11.6 Å². The van der Waals surface area contributed by atoms with Crippen LogP contribution in [0.4, 0.5) is 4.39 Å². The second-order valence-electron chi connectivity index (χ2n) is 6.07. The van der Waals surface area contributed by atoms with E-state index in [1.165, 1.54) is 42.5 Å². The molecule has 0 fully saturated rings. The van der Waals surface area contributed by atoms with Gasteiger partial charge in [0.25, 0.3) is 5.91 Å². The average molecular weight is 438 g/mol. The number of hydrogen-bond donors (Lipinski definition) is 3. The number of nitrogens with zero attached hydrogens (tertiary/aromatic N) is 2. The molecule has 1 amide bonds. The van der Waals surface area contributed by atoms with E-state index < -0.39 is 30.2 Å². The maximum Gasteiger partial charge on any atom is 0.305 e. The number of nitrogens with one attached hydrogen (secondary N) is 1. The summed E-state index contributed by atoms with van der Waals surface area (Å²) in [6.45, 7) is 0. The molecular weight excluding hydrogens is 424 g/mol. The fourth-order valence-electron chi connectivity index (χ4n) is 2.68. The van der Waals surface area contributed by atoms with E-state index >= 15 is 0 Å². The van der Waals surface area contributed by atoms with E-state index in [2.05, 4.69) is 10.4 Å². The van der Waals surface area contributed by atoms with Crippen molar-refractivity contribution in [1.29, 1.82) is 0 Å². The van der Waals surface area contributed by atoms with E-state index in [9.17, 15) is 24.2 Å². The van der Waals surface area contributed by atoms with Gasteiger partial charge in [0, 0.05) is 16.1 Å². The van der Waals surface area contributed by atoms with Crippen molar-refractivity contribution < 1.29 is 24.2 Å². The van der Waals surface area contributed by atoms with Crippen molar-refractivity contribution in [2.75, 3.05) is 0 Å². The second-order valence-corrected chi connectivity index (χ2v) is 6.91. The van der Waals surface area contributed by atoms with Gasteiger partial charge in [-0.1, -0.05) is 29.3 Å². The number of aromatic nitrogens is 2. The number of rotatable bonds is 6. The van der Waals surface area contributed by atoms with Crippen LogP contribution >= 0.6 is 23.2 Å². The number of amides is 1. The van der Waals surface area contributed by atoms with Crippen LogP contribution in [0.15, 0.2) is 48.5 Å². The summed E-state index contributed by atoms with van der Waals surface area (Å²) in [5.74, 6) is -2.68. The van der Waals surface area contributed by atoms with Crippen molar-refractivity contribution in [3.63, 3.8) is 0 Å². The molecule has 7 nitrogen and oxygen atoms in total. The lowest BCUT2D eigenvalue weighted by Gasteiger charge is -2.18. The fourth-order valence-corrected chi connectivity index (χ4v) is 3.22. The van der Waals surface area contributed by atoms with Crippen LogP contribution in [0.5, 0.6) is 5.88 Å². The van der Waals surface area contributed by atoms with Crippen LogP contribution in [0, 0.1) is 5.82 Å². The maximum atomic E-state index is 13.1. The lowest BCUT2D eigenvalue weighted by atomic mass is 10.0. The van der Waals surface area contributed by atoms with Gasteiger partial charge in [0.2, 0.25) is 5.88 Å². The number of carbonyl (C=O) groups is 2. The number of carboxylic acid groups (broad SMARTS) is 1. The summed E-state index contributed by atoms with van der Waals surface area (Å²) in [5.41, 5.74) is 0.548. The highest BCUT2D eigenvalue weighted by Gasteiger charge is 2.23. The Balaban J connectivity index is 1.87. The number of aromatic hydroxyl groups is 1. The maximum absolute atomic E-state index is 13.1. The molecule has 150 valence electrons. The molecule has 1 atom stereocenters. The van der Waals surface area contributed by atoms with Crippen molar-refractivity contribution in [2.45, 2.75) is 12.5 Å². The Morgan fingerprint density at radius 2 is 1.83 bits per heavy atom. The van der Waals surface area contributed by atoms with E-state index in [-0.39, 0.29) is 16.6 Å². The van der Waals surface area contributed by atoms with Crippen molar-refractivity contribution in [1.82, 2.24) is 15.1 Å². The Kier molecular flexibility index (Phi) is 6.05. The number of carboxylic acids is 1. The van der Waals surface area contributed by atoms with Crippen molar-refractivity contribution in [3.05, 3.63) is 75.7 Å². The summed E-state index contributed by atoms with van der Waals surface area (Å²) in [6, 6.07) is 9.77. The Bertz CT molecular complexity index is 1070. The molecule has 0 spiro atoms. The summed E-state index contributed by atoms with van der Waals surface area (Å²) in [7, 11) is 0. The molecule has 0 aliphatic heterocycles. The topological polar surface area (TPSA) is 104 Å². The van der Waals surface area contributed by atoms with Gasteiger partial charge in [-0.05, 0) is 42.0 Å². The summed E-state index contributed by atoms with van der Waals surface area (Å²) in [4.78, 5) is 23.9. The largest absolute Gasteiger partial charge is 0.493 e. The summed E-state index contributed by atoms with van der Waals surface area (Å²) in [6.07, 6.45) is -0.433. The quantitative estimate of drug-likeness (QED) is 0.541. The van der Waals surface area contributed by atoms with Gasteiger partial charge in [-0.25, -0.2) is 9.07 Å². The first kappa shape index (κ1) is 20.6. The predicted molar refractivity (Wildman–Crippen MR) is 104 cm³/mol. The Morgan fingerprint density at radius 1 is 1.14 bits per heavy atom. The zero-order valence-electron chi connectivity index (χ0n) is 14.6. The lowest BCUT2D eigenvalue weighted by molar-refractivity contribution is -0.137. The molecule has 0 saturated heterocycles. The average Bonchev–Trinajstić information content (AvgIpc) is 3.03. The molecule has 10 heteroatoms. The molecule has 3 aromatic rings. The minimum absolute atomic E-state index is 0.160. The van der Waals surface area contributed by atoms with Gasteiger partial charge in [-0.3, -0.25) is 9.59 Å². The number of benzene rings is 2. The molecule has 0 radical (unpaired) electrons. The summed E-state index contributed by atoms with van der Waals surface area (Å²) >= 11 is 12.0. The molecule has 1 heterocycles. The highest BCUT2D eigenvalue weighted by atomic mass is 35.5. The van der Waals surface area contributed by atoms with E-state index in [1.54, 1.807) is 0 Å². The first-order chi connectivity index (χ1) is 13.7. The van der Waals surface area contributed by atoms with Gasteiger partial charge in [0.1, 0.15) is 5.82 Å². The van der Waals surface area contributed by atoms with Crippen LogP contribution in [-0.4, -0.2) is 31.9 Å². The fraction of sp³-hybridized carbons (Fsp3) is 0.105. The highest BCUT2D eigenvalue weighted by molar-refractivity contribution is 6.35. The van der Waals surface area contributed by atoms with Crippen LogP contribution in [0.3, 0.4) is 0 Å². The van der Waals surface area contributed by atoms with Gasteiger partial charge >= 0.3 is 5.97 Å². The van der Waals surface area contributed by atoms with E-state index in [0.29, 0.717) is 16.3 Å². The molecule has 3 N–H and O–H groups in total. The first-order valence-electron chi connectivity index (χ1n) is 8.27. The van der Waals surface area contributed by atoms with E-state index in [1.807, 2.05) is 0 Å². The van der Waals surface area contributed by atoms with Crippen LogP contribution < -0.4 is 5.32 Å². The summed E-state index contributed by atoms with van der Waals surface area (Å²) in [5, 5.41) is 26.4. The smallest absolute Gasteiger partial charge is 0.305 e. The molecule has 29 heavy (non-hydrogen) atoms. The molecule has 0 bridgehead atoms. The molecular formula is C19H14Cl2FN3O4. The molecule has 0 unspecified atom stereocenters. The van der Waals surface area contributed by atoms with Gasteiger partial charge in [-0.2, -0.15) is 5.10 Å². The van der Waals surface area contributed by atoms with Gasteiger partial charge < -0.3 is 15.5 Å². The zero-order valence-corrected chi connectivity index (χ0v) is 16.2. The Hall–Kier alpha value is -3.10. The zero-order chi connectivity index (χ0) is 21.1. The van der Waals surface area contributed by atoms with Crippen LogP contribution in [0.1, 0.15) is 28.5 Å². The normalized spacial score (nSPS) is 11.8. The predicted octanol–water partition coefficient (Wildman–Crippen LogP) is 3.97. The third-order valence-electron chi connectivity index (χ3n) is 4.02. The van der Waals surface area contributed by atoms with E-state index in [0.717, 1.165) is 10.7 Å². The first-order valence-corrected chi connectivity index (χ1v) is 9.03. The molecule has 2 aromatic carbocycles. The SMILES string of the molecule is O=C(O)C[C@H](NC(=O)c1cc(O)n(-c2ccc(F)cc2)n1)c1ccc(Cl)cc1Cl. The van der Waals surface area contributed by atoms with Crippen molar-refractivity contribution in [2.24, 2.45) is 0 Å². The Labute approximate surface area is 174 Å². The monoisotopic (exact) mass is 437 g/mol. The second kappa shape index (κ2) is 8.50. The van der Waals surface area contributed by atoms with Crippen molar-refractivity contribution >= 4 is 35.1 Å². The van der Waals surface area contributed by atoms with Crippen LogP contribution in [-0.2, 0) is 4.79 Å². The summed E-state index contributed by atoms with van der Waals surface area (Å²) < 4.78 is 14.1. The third kappa shape index (κ3) is 4.85. The molecule has 1 aromatic heterocycles. The van der Waals surface area contributed by atoms with Gasteiger partial charge in [0.05, 0.1) is 18.2 Å². The molecule has 0 saturated carbocycles. The molecule has 0 aliphatic rings. The lowest BCUT2D eigenvalue weighted by Crippen LogP contribution is -2.30. The number of halogens is 3. The minimum atomic E-state index is -1.15. The third-order valence-corrected chi connectivity index (χ3v) is 4.58. The number of aliphatic carboxylic acids is 1. The number of hydrogen-bond acceptors (Lipinski definition) is 4. The standard InChI is InChI=1S/C19H14Cl2FN3O4/c20-10-1-6-13(14(21)7-10)15(9-18(27)28)23-19(29)16-8-17(26)25(24-16)12-4-2-11(22)3-5-12/h1-8,15,26H,9H2,(H,23,29)(H,27,28)/t15-/m0/s1. The Morgan fingerprint density at radius 3 is 2.45 bits per heavy atom. The van der Waals surface area contributed by atoms with Gasteiger partial charge in [-0.15, -0.1) is 0 Å². The molecule has 0 aliphatic carbocycles. The number of carbonyl (C=O) groups excluding carboxylic acids is 1. The highest BCUT2D eigenvalue weighted by Crippen LogP contribution is 2.29. The minimum Gasteiger partial charge on any atom is -0.493 e. The van der Waals surface area contributed by atoms with Crippen LogP contribution in [0.25, 0.3) is 5.69 Å². The van der Waals surface area contributed by atoms with E-state index in [4.69, 9.17) is 23.2 Å². The van der Waals surface area contributed by atoms with Crippen LogP contribution in [0.2, 0.25) is 10.0 Å². The van der Waals surface area contributed by atoms with Gasteiger partial charge in [0.15, 0.2) is 5.69 Å².